The second kappa shape index (κ2) is 12.9. The molecule has 47 heavy (non-hydrogen) atoms. The molecule has 11 nitrogen and oxygen atoms in total. The molecule has 4 amide bonds. The van der Waals surface area contributed by atoms with E-state index in [-0.39, 0.29) is 25.4 Å². The first-order valence-corrected chi connectivity index (χ1v) is 17.5. The van der Waals surface area contributed by atoms with E-state index < -0.39 is 48.4 Å². The van der Waals surface area contributed by atoms with Gasteiger partial charge in [-0.05, 0) is 91.3 Å². The van der Waals surface area contributed by atoms with Crippen LogP contribution in [0.2, 0.25) is 0 Å². The number of hydrogen-bond donors (Lipinski definition) is 2. The molecule has 0 radical (unpaired) electrons. The summed E-state index contributed by atoms with van der Waals surface area (Å²) in [4.78, 5) is 61.8. The zero-order valence-electron chi connectivity index (χ0n) is 27.4. The highest BCUT2D eigenvalue weighted by Gasteiger charge is 2.63. The third-order valence-electron chi connectivity index (χ3n) is 11.5. The molecule has 2 saturated heterocycles. The summed E-state index contributed by atoms with van der Waals surface area (Å²) in [7, 11) is 0. The van der Waals surface area contributed by atoms with E-state index in [0.717, 1.165) is 53.3 Å². The van der Waals surface area contributed by atoms with Gasteiger partial charge >= 0.3 is 18.0 Å². The van der Waals surface area contributed by atoms with Crippen LogP contribution in [0, 0.1) is 59.2 Å². The van der Waals surface area contributed by atoms with Crippen LogP contribution < -0.4 is 10.6 Å². The number of imide groups is 1. The summed E-state index contributed by atoms with van der Waals surface area (Å²) in [6.45, 7) is 4.74. The van der Waals surface area contributed by atoms with E-state index in [1.807, 2.05) is 6.08 Å². The van der Waals surface area contributed by atoms with Crippen molar-refractivity contribution in [2.75, 3.05) is 13.1 Å². The Morgan fingerprint density at radius 3 is 2.04 bits per heavy atom. The van der Waals surface area contributed by atoms with Crippen LogP contribution in [-0.4, -0.2) is 72.3 Å². The monoisotopic (exact) mass is 649 g/mol. The molecule has 5 saturated carbocycles. The molecular weight excluding hydrogens is 602 g/mol. The van der Waals surface area contributed by atoms with Crippen molar-refractivity contribution in [2.24, 2.45) is 59.2 Å². The Morgan fingerprint density at radius 1 is 0.830 bits per heavy atom. The van der Waals surface area contributed by atoms with E-state index in [9.17, 15) is 24.0 Å². The van der Waals surface area contributed by atoms with Crippen molar-refractivity contribution in [3.05, 3.63) is 36.5 Å². The van der Waals surface area contributed by atoms with E-state index in [1.165, 1.54) is 56.9 Å². The summed E-state index contributed by atoms with van der Waals surface area (Å²) in [5.41, 5.74) is 0. The molecule has 11 heteroatoms. The minimum Gasteiger partial charge on any atom is -0.456 e. The second-order valence-electron chi connectivity index (χ2n) is 15.0. The molecule has 0 aromatic carbocycles. The Hall–Kier alpha value is -3.47. The van der Waals surface area contributed by atoms with Crippen LogP contribution in [-0.2, 0) is 33.4 Å². The minimum absolute atomic E-state index is 0.0386. The fraction of sp³-hybridized carbons (Fsp3) is 0.694. The van der Waals surface area contributed by atoms with Gasteiger partial charge in [0, 0.05) is 39.4 Å². The highest BCUT2D eigenvalue weighted by atomic mass is 16.6. The number of allylic oxidation sites excluding steroid dienone is 5. The van der Waals surface area contributed by atoms with Crippen LogP contribution in [0.15, 0.2) is 36.5 Å². The number of nitrogens with zero attached hydrogens (tertiary/aromatic N) is 1. The lowest BCUT2D eigenvalue weighted by molar-refractivity contribution is -0.166. The fourth-order valence-corrected chi connectivity index (χ4v) is 8.45. The highest BCUT2D eigenvalue weighted by molar-refractivity contribution is 5.96. The third-order valence-corrected chi connectivity index (χ3v) is 11.5. The molecule has 0 spiro atoms. The molecule has 0 bridgehead atoms. The van der Waals surface area contributed by atoms with Gasteiger partial charge in [0.25, 0.3) is 0 Å². The van der Waals surface area contributed by atoms with Gasteiger partial charge in [0.15, 0.2) is 18.4 Å². The maximum absolute atomic E-state index is 12.6. The summed E-state index contributed by atoms with van der Waals surface area (Å²) in [6.07, 6.45) is 15.1. The van der Waals surface area contributed by atoms with Crippen molar-refractivity contribution in [3.8, 4) is 0 Å². The average Bonchev–Trinajstić information content (AvgIpc) is 3.80. The number of carbonyl (C=O) groups excluding carboxylic acids is 5. The van der Waals surface area contributed by atoms with Crippen LogP contribution in [0.5, 0.6) is 0 Å². The topological polar surface area (TPSA) is 140 Å². The molecule has 5 aliphatic carbocycles. The SMILES string of the molecule is CC(=O)O[C@@H]1[C@H](OC(C)=O)[C@@H](CNC(=O)/C=C/C=C/[C@@H]2C[C@H]2[C@H]2C[C@@H]2[C@H]2C[C@@H]2[C@@H]2C[C@H]2/C=C/[C@@H]2C[C@H]2C)O[C@H]1N1CCC(=O)NC1=O. The number of rotatable bonds is 13. The van der Waals surface area contributed by atoms with Gasteiger partial charge in [-0.15, -0.1) is 0 Å². The first-order chi connectivity index (χ1) is 22.6. The van der Waals surface area contributed by atoms with Crippen LogP contribution in [0.1, 0.15) is 59.3 Å². The summed E-state index contributed by atoms with van der Waals surface area (Å²) >= 11 is 0. The lowest BCUT2D eigenvalue weighted by Crippen LogP contribution is -2.57. The molecule has 2 N–H and O–H groups in total. The highest BCUT2D eigenvalue weighted by Crippen LogP contribution is 2.70. The Kier molecular flexibility index (Phi) is 8.78. The van der Waals surface area contributed by atoms with Gasteiger partial charge < -0.3 is 19.5 Å². The molecule has 7 aliphatic rings. The molecule has 14 atom stereocenters. The molecule has 254 valence electrons. The van der Waals surface area contributed by atoms with Crippen molar-refractivity contribution in [1.29, 1.82) is 0 Å². The van der Waals surface area contributed by atoms with Crippen LogP contribution in [0.4, 0.5) is 4.79 Å². The normalized spacial score (nSPS) is 43.3. The Balaban J connectivity index is 0.847. The molecular formula is C36H47N3O8. The third kappa shape index (κ3) is 7.50. The lowest BCUT2D eigenvalue weighted by atomic mass is 10.1. The summed E-state index contributed by atoms with van der Waals surface area (Å²) < 4.78 is 16.9. The smallest absolute Gasteiger partial charge is 0.326 e. The fourth-order valence-electron chi connectivity index (χ4n) is 8.45. The summed E-state index contributed by atoms with van der Waals surface area (Å²) in [5, 5.41) is 4.97. The molecule has 0 unspecified atom stereocenters. The number of esters is 2. The maximum atomic E-state index is 12.6. The van der Waals surface area contributed by atoms with Gasteiger partial charge in [0.05, 0.1) is 0 Å². The Morgan fingerprint density at radius 2 is 1.43 bits per heavy atom. The van der Waals surface area contributed by atoms with Crippen LogP contribution in [0.25, 0.3) is 0 Å². The molecule has 7 fully saturated rings. The number of urea groups is 1. The lowest BCUT2D eigenvalue weighted by Gasteiger charge is -2.34. The maximum Gasteiger partial charge on any atom is 0.326 e. The number of amides is 4. The van der Waals surface area contributed by atoms with Crippen molar-refractivity contribution < 1.29 is 38.2 Å². The van der Waals surface area contributed by atoms with Gasteiger partial charge in [-0.2, -0.15) is 0 Å². The van der Waals surface area contributed by atoms with E-state index in [1.54, 1.807) is 6.08 Å². The van der Waals surface area contributed by atoms with E-state index in [4.69, 9.17) is 14.2 Å². The number of carbonyl (C=O) groups is 5. The molecule has 7 rings (SSSR count). The number of hydrogen-bond acceptors (Lipinski definition) is 8. The first kappa shape index (κ1) is 32.1. The first-order valence-electron chi connectivity index (χ1n) is 17.5. The zero-order chi connectivity index (χ0) is 33.0. The quantitative estimate of drug-likeness (QED) is 0.134. The van der Waals surface area contributed by atoms with Crippen molar-refractivity contribution in [1.82, 2.24) is 15.5 Å². The van der Waals surface area contributed by atoms with Gasteiger partial charge in [-0.1, -0.05) is 37.3 Å². The van der Waals surface area contributed by atoms with Gasteiger partial charge in [-0.25, -0.2) is 4.79 Å². The van der Waals surface area contributed by atoms with Gasteiger partial charge in [-0.3, -0.25) is 29.4 Å². The predicted octanol–water partition coefficient (Wildman–Crippen LogP) is 3.50. The largest absolute Gasteiger partial charge is 0.456 e. The zero-order valence-corrected chi connectivity index (χ0v) is 27.4. The van der Waals surface area contributed by atoms with Crippen molar-refractivity contribution in [3.63, 3.8) is 0 Å². The Labute approximate surface area is 275 Å². The average molecular weight is 650 g/mol. The molecule has 2 heterocycles. The summed E-state index contributed by atoms with van der Waals surface area (Å²) in [5.74, 6) is 6.70. The van der Waals surface area contributed by atoms with E-state index in [2.05, 4.69) is 35.8 Å². The van der Waals surface area contributed by atoms with Gasteiger partial charge in [0.1, 0.15) is 6.10 Å². The number of ether oxygens (including phenoxy) is 3. The van der Waals surface area contributed by atoms with E-state index in [0.29, 0.717) is 5.92 Å². The molecule has 0 aromatic heterocycles. The standard InChI is InChI=1S/C36H47N3O8/c1-18-12-21(18)8-9-23-14-25(23)27-16-29(27)28-15-26(28)24-13-22(24)6-4-5-7-31(42)37-17-30-33(45-19(2)40)34(46-20(3)41)35(47-30)39-11-10-32(43)38-36(39)44/h4-9,18,21-30,33-35H,10-17H2,1-3H3,(H,37,42)(H,38,43,44)/b6-4+,7-5+,9-8+/t18-,21-,22-,23-,24-,25-,26-,27-,28+,29+,30-,33-,34-,35-/m1/s1. The summed E-state index contributed by atoms with van der Waals surface area (Å²) in [6, 6.07) is -0.700. The van der Waals surface area contributed by atoms with Crippen LogP contribution in [0.3, 0.4) is 0 Å². The molecule has 0 aromatic rings. The Bertz CT molecular complexity index is 1390. The second-order valence-corrected chi connectivity index (χ2v) is 15.0. The van der Waals surface area contributed by atoms with Crippen molar-refractivity contribution >= 4 is 29.8 Å². The predicted molar refractivity (Wildman–Crippen MR) is 169 cm³/mol. The van der Waals surface area contributed by atoms with Crippen LogP contribution >= 0.6 is 0 Å². The molecule has 2 aliphatic heterocycles. The minimum atomic E-state index is -1.14. The van der Waals surface area contributed by atoms with E-state index >= 15 is 0 Å². The number of nitrogens with one attached hydrogen (secondary N) is 2. The van der Waals surface area contributed by atoms with Crippen molar-refractivity contribution in [2.45, 2.75) is 83.8 Å². The van der Waals surface area contributed by atoms with Gasteiger partial charge in [0.2, 0.25) is 11.8 Å².